The van der Waals surface area contributed by atoms with Crippen molar-refractivity contribution in [2.45, 2.75) is 11.0 Å². The summed E-state index contributed by atoms with van der Waals surface area (Å²) in [4.78, 5) is 16.6. The highest BCUT2D eigenvalue weighted by molar-refractivity contribution is 7.92. The Morgan fingerprint density at radius 3 is 2.59 bits per heavy atom. The van der Waals surface area contributed by atoms with Crippen molar-refractivity contribution in [3.63, 3.8) is 0 Å². The number of aromatic nitrogens is 4. The van der Waals surface area contributed by atoms with Crippen LogP contribution < -0.4 is 20.1 Å². The lowest BCUT2D eigenvalue weighted by Gasteiger charge is -2.27. The summed E-state index contributed by atoms with van der Waals surface area (Å²) in [6.07, 6.45) is 2.50. The molecule has 0 unspecified atom stereocenters. The third-order valence-electron chi connectivity index (χ3n) is 5.52. The van der Waals surface area contributed by atoms with Crippen LogP contribution in [0.3, 0.4) is 0 Å². The van der Waals surface area contributed by atoms with E-state index in [1.807, 2.05) is 0 Å². The van der Waals surface area contributed by atoms with Gasteiger partial charge in [0.2, 0.25) is 11.8 Å². The van der Waals surface area contributed by atoms with E-state index in [1.54, 1.807) is 26.4 Å². The van der Waals surface area contributed by atoms with Gasteiger partial charge in [-0.15, -0.1) is 0 Å². The standard InChI is InChI=1S/C23H21ClFN7O4S/c1-26-21-16(6-12-8-29-23(27-2)31-20(12)30-21)15-4-3-5-17(19(15)25)32-37(33,34)18-7-13(24)9-28-22(18)36-14-10-35-11-14/h3-9,14,32H,10-11H2,1-2H3,(H2,26,27,29,30,31). The summed E-state index contributed by atoms with van der Waals surface area (Å²) in [5, 5.41) is 6.44. The van der Waals surface area contributed by atoms with Crippen LogP contribution in [0.25, 0.3) is 22.2 Å². The molecule has 11 nitrogen and oxygen atoms in total. The minimum atomic E-state index is -4.34. The Morgan fingerprint density at radius 1 is 1.08 bits per heavy atom. The van der Waals surface area contributed by atoms with Crippen LogP contribution in [0, 0.1) is 5.82 Å². The molecule has 1 aliphatic rings. The normalized spacial score (nSPS) is 13.7. The van der Waals surface area contributed by atoms with Crippen molar-refractivity contribution in [1.82, 2.24) is 19.9 Å². The first-order valence-corrected chi connectivity index (χ1v) is 12.9. The van der Waals surface area contributed by atoms with Gasteiger partial charge in [-0.1, -0.05) is 23.7 Å². The topological polar surface area (TPSA) is 140 Å². The Labute approximate surface area is 216 Å². The minimum Gasteiger partial charge on any atom is -0.468 e. The Bertz CT molecular complexity index is 1600. The van der Waals surface area contributed by atoms with Crippen molar-refractivity contribution in [2.24, 2.45) is 0 Å². The number of nitrogens with zero attached hydrogens (tertiary/aromatic N) is 4. The molecule has 1 fully saturated rings. The minimum absolute atomic E-state index is 0.0800. The number of ether oxygens (including phenoxy) is 2. The van der Waals surface area contributed by atoms with E-state index >= 15 is 4.39 Å². The van der Waals surface area contributed by atoms with Crippen LogP contribution in [0.15, 0.2) is 47.6 Å². The number of anilines is 3. The molecular formula is C23H21ClFN7O4S. The number of nitrogens with one attached hydrogen (secondary N) is 3. The lowest BCUT2D eigenvalue weighted by Crippen LogP contribution is -2.39. The van der Waals surface area contributed by atoms with E-state index in [0.717, 1.165) is 0 Å². The maximum absolute atomic E-state index is 15.8. The second kappa shape index (κ2) is 9.92. The molecule has 0 radical (unpaired) electrons. The maximum atomic E-state index is 15.8. The lowest BCUT2D eigenvalue weighted by atomic mass is 10.0. The lowest BCUT2D eigenvalue weighted by molar-refractivity contribution is -0.0824. The average Bonchev–Trinajstić information content (AvgIpc) is 2.86. The number of hydrogen-bond acceptors (Lipinski definition) is 10. The molecule has 1 aromatic carbocycles. The Morgan fingerprint density at radius 2 is 1.89 bits per heavy atom. The zero-order valence-electron chi connectivity index (χ0n) is 19.6. The molecule has 4 heterocycles. The molecule has 5 rings (SSSR count). The van der Waals surface area contributed by atoms with Gasteiger partial charge in [0.15, 0.2) is 16.4 Å². The zero-order chi connectivity index (χ0) is 26.2. The summed E-state index contributed by atoms with van der Waals surface area (Å²) in [6, 6.07) is 7.23. The number of rotatable bonds is 8. The fourth-order valence-electron chi connectivity index (χ4n) is 3.63. The van der Waals surface area contributed by atoms with Gasteiger partial charge in [-0.25, -0.2) is 27.8 Å². The van der Waals surface area contributed by atoms with E-state index in [-0.39, 0.29) is 33.2 Å². The van der Waals surface area contributed by atoms with Crippen molar-refractivity contribution in [2.75, 3.05) is 42.7 Å². The molecule has 0 atom stereocenters. The number of benzene rings is 1. The fraction of sp³-hybridized carbons (Fsp3) is 0.217. The highest BCUT2D eigenvalue weighted by Crippen LogP contribution is 2.35. The van der Waals surface area contributed by atoms with Crippen LogP contribution in [-0.2, 0) is 14.8 Å². The van der Waals surface area contributed by atoms with Crippen molar-refractivity contribution in [3.8, 4) is 17.0 Å². The first-order valence-electron chi connectivity index (χ1n) is 11.0. The van der Waals surface area contributed by atoms with Gasteiger partial charge in [-0.2, -0.15) is 4.98 Å². The number of hydrogen-bond donors (Lipinski definition) is 3. The molecule has 0 aliphatic carbocycles. The first-order chi connectivity index (χ1) is 17.8. The summed E-state index contributed by atoms with van der Waals surface area (Å²) in [5.41, 5.74) is 0.638. The summed E-state index contributed by atoms with van der Waals surface area (Å²) < 4.78 is 55.3. The molecule has 14 heteroatoms. The van der Waals surface area contributed by atoms with E-state index in [1.165, 1.54) is 30.5 Å². The zero-order valence-corrected chi connectivity index (χ0v) is 21.2. The van der Waals surface area contributed by atoms with Crippen LogP contribution in [0.5, 0.6) is 5.88 Å². The summed E-state index contributed by atoms with van der Waals surface area (Å²) >= 11 is 6.01. The van der Waals surface area contributed by atoms with Crippen molar-refractivity contribution >= 4 is 50.1 Å². The Balaban J connectivity index is 1.53. The predicted molar refractivity (Wildman–Crippen MR) is 137 cm³/mol. The summed E-state index contributed by atoms with van der Waals surface area (Å²) in [5.74, 6) is -0.217. The smallest absolute Gasteiger partial charge is 0.267 e. The average molecular weight is 546 g/mol. The molecule has 1 saturated heterocycles. The number of sulfonamides is 1. The Hall–Kier alpha value is -3.81. The number of fused-ring (bicyclic) bond motifs is 1. The van der Waals surface area contributed by atoms with Gasteiger partial charge in [0.1, 0.15) is 11.9 Å². The highest BCUT2D eigenvalue weighted by atomic mass is 35.5. The van der Waals surface area contributed by atoms with E-state index in [0.29, 0.717) is 41.6 Å². The van der Waals surface area contributed by atoms with Crippen LogP contribution in [-0.4, -0.2) is 61.8 Å². The Kier molecular flexibility index (Phi) is 6.67. The third kappa shape index (κ3) is 4.92. The highest BCUT2D eigenvalue weighted by Gasteiger charge is 2.28. The molecule has 0 saturated carbocycles. The summed E-state index contributed by atoms with van der Waals surface area (Å²) in [7, 11) is -1.01. The molecule has 3 aromatic heterocycles. The van der Waals surface area contributed by atoms with Gasteiger partial charge < -0.3 is 20.1 Å². The molecule has 0 bridgehead atoms. The van der Waals surface area contributed by atoms with E-state index in [4.69, 9.17) is 21.1 Å². The van der Waals surface area contributed by atoms with E-state index in [2.05, 4.69) is 35.3 Å². The van der Waals surface area contributed by atoms with Crippen LogP contribution >= 0.6 is 11.6 Å². The van der Waals surface area contributed by atoms with Gasteiger partial charge in [0.05, 0.1) is 23.9 Å². The molecular weight excluding hydrogens is 525 g/mol. The second-order valence-electron chi connectivity index (χ2n) is 8.00. The van der Waals surface area contributed by atoms with Gasteiger partial charge in [0, 0.05) is 43.0 Å². The molecule has 192 valence electrons. The quantitative estimate of drug-likeness (QED) is 0.301. The molecule has 0 spiro atoms. The first kappa shape index (κ1) is 24.9. The van der Waals surface area contributed by atoms with E-state index < -0.39 is 15.8 Å². The SMILES string of the molecule is CNc1ncc2cc(-c3cccc(NS(=O)(=O)c4cc(Cl)cnc4OC4COC4)c3F)c(NC)nc2n1. The predicted octanol–water partition coefficient (Wildman–Crippen LogP) is 3.54. The largest absolute Gasteiger partial charge is 0.468 e. The monoisotopic (exact) mass is 545 g/mol. The van der Waals surface area contributed by atoms with Gasteiger partial charge in [-0.05, 0) is 18.2 Å². The number of pyridine rings is 2. The van der Waals surface area contributed by atoms with Gasteiger partial charge >= 0.3 is 0 Å². The van der Waals surface area contributed by atoms with Crippen LogP contribution in [0.1, 0.15) is 0 Å². The van der Waals surface area contributed by atoms with Crippen molar-refractivity contribution < 1.29 is 22.3 Å². The fourth-order valence-corrected chi connectivity index (χ4v) is 5.02. The van der Waals surface area contributed by atoms with Gasteiger partial charge in [-0.3, -0.25) is 4.72 Å². The molecule has 4 aromatic rings. The molecule has 37 heavy (non-hydrogen) atoms. The van der Waals surface area contributed by atoms with Crippen molar-refractivity contribution in [3.05, 3.63) is 53.6 Å². The van der Waals surface area contributed by atoms with E-state index in [9.17, 15) is 8.42 Å². The summed E-state index contributed by atoms with van der Waals surface area (Å²) in [6.45, 7) is 0.617. The number of halogens is 2. The second-order valence-corrected chi connectivity index (χ2v) is 10.1. The molecule has 3 N–H and O–H groups in total. The van der Waals surface area contributed by atoms with Crippen LogP contribution in [0.2, 0.25) is 5.02 Å². The van der Waals surface area contributed by atoms with Crippen molar-refractivity contribution in [1.29, 1.82) is 0 Å². The molecule has 1 aliphatic heterocycles. The van der Waals surface area contributed by atoms with Crippen LogP contribution in [0.4, 0.5) is 21.8 Å². The maximum Gasteiger partial charge on any atom is 0.267 e. The van der Waals surface area contributed by atoms with Gasteiger partial charge in [0.25, 0.3) is 10.0 Å². The third-order valence-corrected chi connectivity index (χ3v) is 7.09. The molecule has 0 amide bonds.